The zero-order chi connectivity index (χ0) is 13.0. The fourth-order valence-electron chi connectivity index (χ4n) is 1.17. The maximum atomic E-state index is 10.3. The molecule has 1 unspecified atom stereocenters. The van der Waals surface area contributed by atoms with E-state index >= 15 is 0 Å². The SMILES string of the molecule is CC(C)=CCCC(C)CCC(=O)O.O=CO. The first-order valence-corrected chi connectivity index (χ1v) is 5.37. The van der Waals surface area contributed by atoms with Crippen molar-refractivity contribution in [2.24, 2.45) is 5.92 Å². The Kier molecular flexibility index (Phi) is 12.6. The average molecular weight is 230 g/mol. The summed E-state index contributed by atoms with van der Waals surface area (Å²) in [7, 11) is 0. The van der Waals surface area contributed by atoms with E-state index in [9.17, 15) is 4.79 Å². The quantitative estimate of drug-likeness (QED) is 0.543. The molecule has 4 heteroatoms. The lowest BCUT2D eigenvalue weighted by atomic mass is 9.99. The number of hydrogen-bond donors (Lipinski definition) is 2. The molecule has 0 aliphatic heterocycles. The molecule has 0 rings (SSSR count). The first-order valence-electron chi connectivity index (χ1n) is 5.37. The van der Waals surface area contributed by atoms with Gasteiger partial charge in [0.25, 0.3) is 6.47 Å². The van der Waals surface area contributed by atoms with Gasteiger partial charge in [0.2, 0.25) is 0 Å². The third-order valence-electron chi connectivity index (χ3n) is 2.06. The van der Waals surface area contributed by atoms with E-state index in [0.717, 1.165) is 19.3 Å². The molecule has 0 aromatic rings. The number of hydrogen-bond acceptors (Lipinski definition) is 2. The summed E-state index contributed by atoms with van der Waals surface area (Å²) < 4.78 is 0. The molecule has 0 radical (unpaired) electrons. The molecule has 0 spiro atoms. The minimum Gasteiger partial charge on any atom is -0.483 e. The Balaban J connectivity index is 0. The molecule has 0 amide bonds. The second-order valence-electron chi connectivity index (χ2n) is 4.00. The Morgan fingerprint density at radius 1 is 1.31 bits per heavy atom. The van der Waals surface area contributed by atoms with Crippen molar-refractivity contribution in [3.63, 3.8) is 0 Å². The van der Waals surface area contributed by atoms with Crippen LogP contribution in [-0.2, 0) is 9.59 Å². The van der Waals surface area contributed by atoms with Crippen molar-refractivity contribution in [2.75, 3.05) is 0 Å². The highest BCUT2D eigenvalue weighted by Gasteiger charge is 2.03. The molecule has 94 valence electrons. The molecule has 4 nitrogen and oxygen atoms in total. The second-order valence-corrected chi connectivity index (χ2v) is 4.00. The summed E-state index contributed by atoms with van der Waals surface area (Å²) in [6.07, 6.45) is 5.47. The molecule has 0 heterocycles. The van der Waals surface area contributed by atoms with E-state index in [1.165, 1.54) is 5.57 Å². The Morgan fingerprint density at radius 3 is 2.19 bits per heavy atom. The maximum absolute atomic E-state index is 10.3. The van der Waals surface area contributed by atoms with Gasteiger partial charge >= 0.3 is 5.97 Å². The molecule has 0 aromatic heterocycles. The Hall–Kier alpha value is -1.32. The van der Waals surface area contributed by atoms with E-state index in [1.807, 2.05) is 0 Å². The summed E-state index contributed by atoms with van der Waals surface area (Å²) in [5.74, 6) is -0.166. The predicted octanol–water partition coefficient (Wildman–Crippen LogP) is 2.93. The average Bonchev–Trinajstić information content (AvgIpc) is 2.15. The first kappa shape index (κ1) is 17.1. The van der Waals surface area contributed by atoms with Crippen LogP contribution in [0.15, 0.2) is 11.6 Å². The molecule has 0 saturated carbocycles. The molecular weight excluding hydrogens is 208 g/mol. The van der Waals surface area contributed by atoms with Gasteiger partial charge in [-0.3, -0.25) is 9.59 Å². The summed E-state index contributed by atoms with van der Waals surface area (Å²) in [5, 5.41) is 15.4. The van der Waals surface area contributed by atoms with E-state index in [4.69, 9.17) is 15.0 Å². The second kappa shape index (κ2) is 11.8. The summed E-state index contributed by atoms with van der Waals surface area (Å²) in [6.45, 7) is 6.03. The third kappa shape index (κ3) is 18.5. The van der Waals surface area contributed by atoms with Crippen LogP contribution in [0, 0.1) is 5.92 Å². The molecule has 0 aliphatic rings. The smallest absolute Gasteiger partial charge is 0.303 e. The van der Waals surface area contributed by atoms with Crippen molar-refractivity contribution in [3.05, 3.63) is 11.6 Å². The van der Waals surface area contributed by atoms with Gasteiger partial charge in [-0.15, -0.1) is 0 Å². The van der Waals surface area contributed by atoms with Crippen LogP contribution in [0.25, 0.3) is 0 Å². The monoisotopic (exact) mass is 230 g/mol. The Morgan fingerprint density at radius 2 is 1.81 bits per heavy atom. The number of carboxylic acid groups (broad SMARTS) is 2. The van der Waals surface area contributed by atoms with Crippen LogP contribution >= 0.6 is 0 Å². The Bertz CT molecular complexity index is 217. The van der Waals surface area contributed by atoms with Gasteiger partial charge in [0.15, 0.2) is 0 Å². The van der Waals surface area contributed by atoms with Gasteiger partial charge in [-0.05, 0) is 39.0 Å². The standard InChI is InChI=1S/C11H20O2.CH2O2/c1-9(2)5-4-6-10(3)7-8-11(12)13;2-1-3/h5,10H,4,6-8H2,1-3H3,(H,12,13);1H,(H,2,3). The summed E-state index contributed by atoms with van der Waals surface area (Å²) in [5.41, 5.74) is 1.34. The molecule has 0 bridgehead atoms. The lowest BCUT2D eigenvalue weighted by Crippen LogP contribution is -2.00. The van der Waals surface area contributed by atoms with Crippen LogP contribution in [0.1, 0.15) is 46.5 Å². The van der Waals surface area contributed by atoms with Gasteiger partial charge in [0.05, 0.1) is 0 Å². The molecule has 0 saturated heterocycles. The highest BCUT2D eigenvalue weighted by Crippen LogP contribution is 2.13. The molecule has 0 aliphatic carbocycles. The molecule has 1 atom stereocenters. The zero-order valence-corrected chi connectivity index (χ0v) is 10.3. The van der Waals surface area contributed by atoms with Crippen molar-refractivity contribution in [3.8, 4) is 0 Å². The largest absolute Gasteiger partial charge is 0.483 e. The molecule has 0 aromatic carbocycles. The van der Waals surface area contributed by atoms with E-state index in [2.05, 4.69) is 26.8 Å². The van der Waals surface area contributed by atoms with Crippen molar-refractivity contribution >= 4 is 12.4 Å². The number of rotatable bonds is 6. The van der Waals surface area contributed by atoms with Crippen LogP contribution in [-0.4, -0.2) is 22.7 Å². The van der Waals surface area contributed by atoms with Crippen LogP contribution in [0.2, 0.25) is 0 Å². The Labute approximate surface area is 97.0 Å². The number of carbonyl (C=O) groups is 2. The van der Waals surface area contributed by atoms with Crippen LogP contribution < -0.4 is 0 Å². The summed E-state index contributed by atoms with van der Waals surface area (Å²) in [6, 6.07) is 0. The van der Waals surface area contributed by atoms with Gasteiger partial charge < -0.3 is 10.2 Å². The number of aliphatic carboxylic acids is 1. The maximum Gasteiger partial charge on any atom is 0.303 e. The minimum absolute atomic E-state index is 0.250. The van der Waals surface area contributed by atoms with Gasteiger partial charge in [0, 0.05) is 6.42 Å². The fourth-order valence-corrected chi connectivity index (χ4v) is 1.17. The van der Waals surface area contributed by atoms with Gasteiger partial charge in [0.1, 0.15) is 0 Å². The van der Waals surface area contributed by atoms with Crippen LogP contribution in [0.3, 0.4) is 0 Å². The zero-order valence-electron chi connectivity index (χ0n) is 10.3. The van der Waals surface area contributed by atoms with Crippen LogP contribution in [0.4, 0.5) is 0 Å². The van der Waals surface area contributed by atoms with E-state index in [-0.39, 0.29) is 6.47 Å². The number of carboxylic acids is 1. The first-order chi connectivity index (χ1) is 7.43. The lowest BCUT2D eigenvalue weighted by Gasteiger charge is -2.07. The van der Waals surface area contributed by atoms with Gasteiger partial charge in [-0.25, -0.2) is 0 Å². The summed E-state index contributed by atoms with van der Waals surface area (Å²) >= 11 is 0. The van der Waals surface area contributed by atoms with Crippen molar-refractivity contribution in [2.45, 2.75) is 46.5 Å². The van der Waals surface area contributed by atoms with E-state index in [1.54, 1.807) is 0 Å². The van der Waals surface area contributed by atoms with Gasteiger partial charge in [-0.2, -0.15) is 0 Å². The van der Waals surface area contributed by atoms with Crippen molar-refractivity contribution in [1.29, 1.82) is 0 Å². The van der Waals surface area contributed by atoms with E-state index < -0.39 is 5.97 Å². The van der Waals surface area contributed by atoms with Crippen molar-refractivity contribution < 1.29 is 19.8 Å². The third-order valence-corrected chi connectivity index (χ3v) is 2.06. The topological polar surface area (TPSA) is 74.6 Å². The molecular formula is C12H22O4. The molecule has 16 heavy (non-hydrogen) atoms. The number of allylic oxidation sites excluding steroid dienone is 2. The fraction of sp³-hybridized carbons (Fsp3) is 0.667. The van der Waals surface area contributed by atoms with Crippen LogP contribution in [0.5, 0.6) is 0 Å². The highest BCUT2D eigenvalue weighted by molar-refractivity contribution is 5.66. The van der Waals surface area contributed by atoms with E-state index in [0.29, 0.717) is 12.3 Å². The molecule has 0 fully saturated rings. The van der Waals surface area contributed by atoms with Crippen molar-refractivity contribution in [1.82, 2.24) is 0 Å². The minimum atomic E-state index is -0.686. The predicted molar refractivity (Wildman–Crippen MR) is 63.4 cm³/mol. The van der Waals surface area contributed by atoms with Gasteiger partial charge in [-0.1, -0.05) is 18.6 Å². The molecule has 2 N–H and O–H groups in total. The lowest BCUT2D eigenvalue weighted by molar-refractivity contribution is -0.137. The summed E-state index contributed by atoms with van der Waals surface area (Å²) in [4.78, 5) is 18.6. The normalized spacial score (nSPS) is 10.7. The highest BCUT2D eigenvalue weighted by atomic mass is 16.4.